The molecule has 1 rings (SSSR count). The molecule has 1 N–H and O–H groups in total. The lowest BCUT2D eigenvalue weighted by Crippen LogP contribution is -2.33. The minimum Gasteiger partial charge on any atom is -0.349 e. The van der Waals surface area contributed by atoms with Gasteiger partial charge in [-0.15, -0.1) is 11.6 Å². The average molecular weight is 241 g/mol. The zero-order valence-electron chi connectivity index (χ0n) is 9.88. The van der Waals surface area contributed by atoms with Crippen LogP contribution in [0.1, 0.15) is 35.1 Å². The molecule has 0 aromatic carbocycles. The molecule has 0 fully saturated rings. The van der Waals surface area contributed by atoms with Gasteiger partial charge in [0.2, 0.25) is 0 Å². The highest BCUT2D eigenvalue weighted by Gasteiger charge is 2.12. The van der Waals surface area contributed by atoms with E-state index in [1.165, 1.54) is 0 Å². The second kappa shape index (κ2) is 5.85. The van der Waals surface area contributed by atoms with Crippen LogP contribution < -0.4 is 5.32 Å². The van der Waals surface area contributed by atoms with Crippen LogP contribution in [-0.2, 0) is 0 Å². The molecule has 1 amide bonds. The second-order valence-corrected chi connectivity index (χ2v) is 4.32. The Morgan fingerprint density at radius 2 is 2.19 bits per heavy atom. The molecule has 1 aromatic heterocycles. The van der Waals surface area contributed by atoms with Crippen molar-refractivity contribution in [2.75, 3.05) is 5.88 Å². The Balaban J connectivity index is 2.73. The van der Waals surface area contributed by atoms with Gasteiger partial charge >= 0.3 is 0 Å². The van der Waals surface area contributed by atoms with Crippen LogP contribution in [0.2, 0.25) is 0 Å². The molecule has 0 bridgehead atoms. The number of hydrogen-bond donors (Lipinski definition) is 1. The first kappa shape index (κ1) is 13.0. The zero-order valence-corrected chi connectivity index (χ0v) is 10.6. The molecular formula is C12H17ClN2O. The van der Waals surface area contributed by atoms with E-state index >= 15 is 0 Å². The number of amides is 1. The molecule has 0 saturated carbocycles. The number of hydrogen-bond acceptors (Lipinski definition) is 2. The highest BCUT2D eigenvalue weighted by atomic mass is 35.5. The Morgan fingerprint density at radius 3 is 2.75 bits per heavy atom. The Labute approximate surface area is 101 Å². The van der Waals surface area contributed by atoms with Crippen molar-refractivity contribution in [3.63, 3.8) is 0 Å². The van der Waals surface area contributed by atoms with Crippen LogP contribution >= 0.6 is 11.6 Å². The monoisotopic (exact) mass is 240 g/mol. The Hall–Kier alpha value is -1.09. The third-order valence-electron chi connectivity index (χ3n) is 2.39. The van der Waals surface area contributed by atoms with Crippen LogP contribution in [0.25, 0.3) is 0 Å². The van der Waals surface area contributed by atoms with Gasteiger partial charge in [0, 0.05) is 17.6 Å². The first-order chi connectivity index (χ1) is 7.54. The van der Waals surface area contributed by atoms with Crippen molar-refractivity contribution < 1.29 is 4.79 Å². The van der Waals surface area contributed by atoms with E-state index in [0.717, 1.165) is 17.8 Å². The highest BCUT2D eigenvalue weighted by molar-refractivity contribution is 6.17. The van der Waals surface area contributed by atoms with E-state index < -0.39 is 0 Å². The summed E-state index contributed by atoms with van der Waals surface area (Å²) in [7, 11) is 0. The van der Waals surface area contributed by atoms with E-state index in [1.54, 1.807) is 6.07 Å². The lowest BCUT2D eigenvalue weighted by atomic mass is 10.1. The summed E-state index contributed by atoms with van der Waals surface area (Å²) < 4.78 is 0. The van der Waals surface area contributed by atoms with Gasteiger partial charge in [-0.25, -0.2) is 0 Å². The molecule has 1 heterocycles. The predicted molar refractivity (Wildman–Crippen MR) is 66.0 cm³/mol. The zero-order chi connectivity index (χ0) is 12.1. The number of rotatable bonds is 4. The van der Waals surface area contributed by atoms with Crippen molar-refractivity contribution >= 4 is 17.5 Å². The lowest BCUT2D eigenvalue weighted by Gasteiger charge is -2.13. The summed E-state index contributed by atoms with van der Waals surface area (Å²) >= 11 is 5.61. The van der Waals surface area contributed by atoms with E-state index in [1.807, 2.05) is 26.8 Å². The van der Waals surface area contributed by atoms with Crippen LogP contribution in [0.15, 0.2) is 12.1 Å². The number of carbonyl (C=O) groups excluding carboxylic acids is 1. The van der Waals surface area contributed by atoms with E-state index in [9.17, 15) is 4.79 Å². The molecule has 0 aliphatic carbocycles. The van der Waals surface area contributed by atoms with Crippen molar-refractivity contribution in [3.05, 3.63) is 29.1 Å². The molecule has 88 valence electrons. The van der Waals surface area contributed by atoms with E-state index in [0.29, 0.717) is 11.4 Å². The van der Waals surface area contributed by atoms with Gasteiger partial charge in [-0.2, -0.15) is 0 Å². The number of aryl methyl sites for hydroxylation is 2. The van der Waals surface area contributed by atoms with Crippen LogP contribution in [0.4, 0.5) is 0 Å². The molecule has 3 nitrogen and oxygen atoms in total. The Morgan fingerprint density at radius 1 is 1.50 bits per heavy atom. The van der Waals surface area contributed by atoms with Gasteiger partial charge in [0.1, 0.15) is 0 Å². The number of aromatic nitrogens is 1. The number of nitrogens with one attached hydrogen (secondary N) is 1. The van der Waals surface area contributed by atoms with Gasteiger partial charge in [0.25, 0.3) is 5.91 Å². The summed E-state index contributed by atoms with van der Waals surface area (Å²) in [6, 6.07) is 3.74. The third kappa shape index (κ3) is 3.49. The summed E-state index contributed by atoms with van der Waals surface area (Å²) in [5.41, 5.74) is 2.31. The number of halogens is 1. The third-order valence-corrected chi connectivity index (χ3v) is 2.61. The van der Waals surface area contributed by atoms with Gasteiger partial charge in [0.05, 0.1) is 11.3 Å². The molecular weight excluding hydrogens is 224 g/mol. The van der Waals surface area contributed by atoms with Gasteiger partial charge in [-0.05, 0) is 39.3 Å². The maximum Gasteiger partial charge on any atom is 0.253 e. The predicted octanol–water partition coefficient (Wildman–Crippen LogP) is 2.45. The molecule has 1 aromatic rings. The molecule has 1 atom stereocenters. The van der Waals surface area contributed by atoms with Gasteiger partial charge in [-0.1, -0.05) is 0 Å². The Bertz CT molecular complexity index is 379. The molecule has 0 aliphatic rings. The van der Waals surface area contributed by atoms with Gasteiger partial charge in [-0.3, -0.25) is 9.78 Å². The number of alkyl halides is 1. The fraction of sp³-hybridized carbons (Fsp3) is 0.500. The first-order valence-electron chi connectivity index (χ1n) is 5.35. The standard InChI is InChI=1S/C12H17ClN2O/c1-8-4-5-11(10(3)14-8)12(16)15-9(2)6-7-13/h4-5,9H,6-7H2,1-3H3,(H,15,16). The number of carbonyl (C=O) groups is 1. The van der Waals surface area contributed by atoms with Crippen molar-refractivity contribution in [2.24, 2.45) is 0 Å². The second-order valence-electron chi connectivity index (χ2n) is 3.94. The first-order valence-corrected chi connectivity index (χ1v) is 5.89. The summed E-state index contributed by atoms with van der Waals surface area (Å²) in [6.07, 6.45) is 0.769. The fourth-order valence-electron chi connectivity index (χ4n) is 1.46. The molecule has 0 saturated heterocycles. The smallest absolute Gasteiger partial charge is 0.253 e. The van der Waals surface area contributed by atoms with Crippen molar-refractivity contribution in [3.8, 4) is 0 Å². The lowest BCUT2D eigenvalue weighted by molar-refractivity contribution is 0.0938. The van der Waals surface area contributed by atoms with Crippen LogP contribution in [0.3, 0.4) is 0 Å². The molecule has 16 heavy (non-hydrogen) atoms. The maximum atomic E-state index is 11.9. The van der Waals surface area contributed by atoms with Crippen molar-refractivity contribution in [1.82, 2.24) is 10.3 Å². The highest BCUT2D eigenvalue weighted by Crippen LogP contribution is 2.07. The average Bonchev–Trinajstić information content (AvgIpc) is 2.17. The molecule has 1 unspecified atom stereocenters. The van der Waals surface area contributed by atoms with Crippen molar-refractivity contribution in [2.45, 2.75) is 33.2 Å². The van der Waals surface area contributed by atoms with E-state index in [2.05, 4.69) is 10.3 Å². The fourth-order valence-corrected chi connectivity index (χ4v) is 1.79. The van der Waals surface area contributed by atoms with E-state index in [-0.39, 0.29) is 11.9 Å². The number of pyridine rings is 1. The van der Waals surface area contributed by atoms with Crippen LogP contribution in [-0.4, -0.2) is 22.8 Å². The molecule has 4 heteroatoms. The quantitative estimate of drug-likeness (QED) is 0.822. The summed E-state index contributed by atoms with van der Waals surface area (Å²) in [5.74, 6) is 0.467. The Kier molecular flexibility index (Phi) is 4.74. The summed E-state index contributed by atoms with van der Waals surface area (Å²) in [5, 5.41) is 2.89. The number of nitrogens with zero attached hydrogens (tertiary/aromatic N) is 1. The van der Waals surface area contributed by atoms with Crippen LogP contribution in [0, 0.1) is 13.8 Å². The normalized spacial score (nSPS) is 12.2. The minimum absolute atomic E-state index is 0.0809. The molecule has 0 aliphatic heterocycles. The maximum absolute atomic E-state index is 11.9. The minimum atomic E-state index is -0.0809. The molecule has 0 radical (unpaired) electrons. The van der Waals surface area contributed by atoms with E-state index in [4.69, 9.17) is 11.6 Å². The van der Waals surface area contributed by atoms with Crippen molar-refractivity contribution in [1.29, 1.82) is 0 Å². The summed E-state index contributed by atoms with van der Waals surface area (Å²) in [4.78, 5) is 16.1. The largest absolute Gasteiger partial charge is 0.349 e. The topological polar surface area (TPSA) is 42.0 Å². The van der Waals surface area contributed by atoms with Gasteiger partial charge in [0.15, 0.2) is 0 Å². The van der Waals surface area contributed by atoms with Gasteiger partial charge < -0.3 is 5.32 Å². The SMILES string of the molecule is Cc1ccc(C(=O)NC(C)CCCl)c(C)n1. The summed E-state index contributed by atoms with van der Waals surface area (Å²) in [6.45, 7) is 5.69. The molecule has 0 spiro atoms. The van der Waals surface area contributed by atoms with Crippen LogP contribution in [0.5, 0.6) is 0 Å².